The standard InChI is InChI=1S/C20H27N3O2/c1-5-23(6-2)20(24)15-9-14(12-22(3)13-15)18-10-16(25-4)11-19-17(18)7-8-21-19/h7-11,15,21H,5-6,12-13H2,1-4H3. The number of rotatable bonds is 5. The third kappa shape index (κ3) is 3.42. The zero-order valence-corrected chi connectivity index (χ0v) is 15.5. The largest absolute Gasteiger partial charge is 0.497 e. The van der Waals surface area contributed by atoms with Gasteiger partial charge in [0.1, 0.15) is 5.75 Å². The second-order valence-electron chi connectivity index (χ2n) is 6.62. The fraction of sp³-hybridized carbons (Fsp3) is 0.450. The minimum absolute atomic E-state index is 0.103. The molecule has 0 aliphatic carbocycles. The monoisotopic (exact) mass is 341 g/mol. The fourth-order valence-electron chi connectivity index (χ4n) is 3.66. The summed E-state index contributed by atoms with van der Waals surface area (Å²) in [6, 6.07) is 6.16. The molecule has 0 saturated heterocycles. The van der Waals surface area contributed by atoms with Gasteiger partial charge in [-0.15, -0.1) is 0 Å². The van der Waals surface area contributed by atoms with Crippen LogP contribution < -0.4 is 4.74 Å². The Morgan fingerprint density at radius 2 is 2.12 bits per heavy atom. The highest BCUT2D eigenvalue weighted by Gasteiger charge is 2.27. The minimum atomic E-state index is -0.103. The number of ether oxygens (including phenoxy) is 1. The molecule has 0 radical (unpaired) electrons. The first-order chi connectivity index (χ1) is 12.1. The Kier molecular flexibility index (Phi) is 5.13. The summed E-state index contributed by atoms with van der Waals surface area (Å²) in [5.41, 5.74) is 3.37. The van der Waals surface area contributed by atoms with Crippen molar-refractivity contribution in [2.75, 3.05) is 40.3 Å². The van der Waals surface area contributed by atoms with Crippen molar-refractivity contribution in [2.24, 2.45) is 5.92 Å². The molecular weight excluding hydrogens is 314 g/mol. The molecule has 3 rings (SSSR count). The van der Waals surface area contributed by atoms with Crippen LogP contribution in [-0.2, 0) is 4.79 Å². The van der Waals surface area contributed by atoms with Crippen LogP contribution in [0.1, 0.15) is 19.4 Å². The van der Waals surface area contributed by atoms with Gasteiger partial charge in [0.25, 0.3) is 0 Å². The number of aromatic amines is 1. The van der Waals surface area contributed by atoms with Crippen LogP contribution in [0.15, 0.2) is 30.5 Å². The Morgan fingerprint density at radius 3 is 2.80 bits per heavy atom. The van der Waals surface area contributed by atoms with Gasteiger partial charge in [-0.25, -0.2) is 0 Å². The summed E-state index contributed by atoms with van der Waals surface area (Å²) in [5.74, 6) is 0.932. The molecule has 2 aromatic rings. The van der Waals surface area contributed by atoms with Gasteiger partial charge < -0.3 is 19.5 Å². The normalized spacial score (nSPS) is 18.2. The van der Waals surface area contributed by atoms with Gasteiger partial charge in [0, 0.05) is 49.3 Å². The van der Waals surface area contributed by atoms with E-state index < -0.39 is 0 Å². The van der Waals surface area contributed by atoms with Gasteiger partial charge >= 0.3 is 0 Å². The van der Waals surface area contributed by atoms with Crippen molar-refractivity contribution >= 4 is 22.4 Å². The van der Waals surface area contributed by atoms with E-state index in [0.29, 0.717) is 0 Å². The van der Waals surface area contributed by atoms with Gasteiger partial charge in [-0.1, -0.05) is 6.08 Å². The van der Waals surface area contributed by atoms with E-state index in [-0.39, 0.29) is 11.8 Å². The van der Waals surface area contributed by atoms with Crippen LogP contribution in [0.3, 0.4) is 0 Å². The number of fused-ring (bicyclic) bond motifs is 1. The summed E-state index contributed by atoms with van der Waals surface area (Å²) in [5, 5.41) is 1.16. The number of amides is 1. The van der Waals surface area contributed by atoms with E-state index in [1.165, 1.54) is 5.57 Å². The van der Waals surface area contributed by atoms with Gasteiger partial charge in [0.2, 0.25) is 5.91 Å². The molecule has 1 aromatic heterocycles. The number of likely N-dealkylation sites (N-methyl/N-ethyl adjacent to an activating group) is 1. The van der Waals surface area contributed by atoms with Crippen molar-refractivity contribution in [3.05, 3.63) is 36.0 Å². The smallest absolute Gasteiger partial charge is 0.230 e. The van der Waals surface area contributed by atoms with E-state index in [9.17, 15) is 4.79 Å². The molecule has 1 aliphatic rings. The van der Waals surface area contributed by atoms with Crippen molar-refractivity contribution in [1.29, 1.82) is 0 Å². The molecule has 1 atom stereocenters. The first-order valence-electron chi connectivity index (χ1n) is 8.90. The molecule has 0 spiro atoms. The van der Waals surface area contributed by atoms with Gasteiger partial charge in [0.05, 0.1) is 13.0 Å². The Labute approximate surface area is 149 Å². The number of carbonyl (C=O) groups is 1. The van der Waals surface area contributed by atoms with Crippen LogP contribution in [-0.4, -0.2) is 61.0 Å². The van der Waals surface area contributed by atoms with Crippen LogP contribution in [0, 0.1) is 5.92 Å². The summed E-state index contributed by atoms with van der Waals surface area (Å²) in [4.78, 5) is 20.2. The number of hydrogen-bond donors (Lipinski definition) is 1. The van der Waals surface area contributed by atoms with E-state index in [1.54, 1.807) is 7.11 Å². The molecule has 1 amide bonds. The van der Waals surface area contributed by atoms with E-state index in [0.717, 1.165) is 48.4 Å². The summed E-state index contributed by atoms with van der Waals surface area (Å²) in [7, 11) is 3.76. The molecule has 25 heavy (non-hydrogen) atoms. The van der Waals surface area contributed by atoms with Crippen LogP contribution in [0.5, 0.6) is 5.75 Å². The molecule has 134 valence electrons. The lowest BCUT2D eigenvalue weighted by Crippen LogP contribution is -2.42. The summed E-state index contributed by atoms with van der Waals surface area (Å²) in [6.45, 7) is 7.16. The molecule has 0 bridgehead atoms. The van der Waals surface area contributed by atoms with Crippen LogP contribution >= 0.6 is 0 Å². The van der Waals surface area contributed by atoms with Crippen LogP contribution in [0.25, 0.3) is 16.5 Å². The molecule has 1 N–H and O–H groups in total. The number of nitrogens with zero attached hydrogens (tertiary/aromatic N) is 2. The van der Waals surface area contributed by atoms with Crippen molar-refractivity contribution in [1.82, 2.24) is 14.8 Å². The number of aromatic nitrogens is 1. The topological polar surface area (TPSA) is 48.6 Å². The van der Waals surface area contributed by atoms with E-state index in [4.69, 9.17) is 4.74 Å². The average molecular weight is 341 g/mol. The first kappa shape index (κ1) is 17.5. The van der Waals surface area contributed by atoms with E-state index in [1.807, 2.05) is 31.0 Å². The maximum absolute atomic E-state index is 12.8. The van der Waals surface area contributed by atoms with E-state index in [2.05, 4.69) is 35.1 Å². The molecule has 1 aliphatic heterocycles. The molecular formula is C20H27N3O2. The second kappa shape index (κ2) is 7.31. The summed E-state index contributed by atoms with van der Waals surface area (Å²) >= 11 is 0. The summed E-state index contributed by atoms with van der Waals surface area (Å²) < 4.78 is 5.46. The Morgan fingerprint density at radius 1 is 1.36 bits per heavy atom. The molecule has 2 heterocycles. The lowest BCUT2D eigenvalue weighted by molar-refractivity contribution is -0.134. The highest BCUT2D eigenvalue weighted by Crippen LogP contribution is 2.32. The Balaban J connectivity index is 2.03. The van der Waals surface area contributed by atoms with Gasteiger partial charge in [0.15, 0.2) is 0 Å². The van der Waals surface area contributed by atoms with Gasteiger partial charge in [-0.2, -0.15) is 0 Å². The summed E-state index contributed by atoms with van der Waals surface area (Å²) in [6.07, 6.45) is 4.10. The number of H-pyrrole nitrogens is 1. The first-order valence-corrected chi connectivity index (χ1v) is 8.90. The van der Waals surface area contributed by atoms with Crippen LogP contribution in [0.4, 0.5) is 0 Å². The lowest BCUT2D eigenvalue weighted by Gasteiger charge is -2.32. The van der Waals surface area contributed by atoms with Crippen molar-refractivity contribution in [3.63, 3.8) is 0 Å². The number of benzene rings is 1. The average Bonchev–Trinajstić information content (AvgIpc) is 3.09. The maximum atomic E-state index is 12.8. The number of hydrogen-bond acceptors (Lipinski definition) is 3. The molecule has 1 aromatic carbocycles. The highest BCUT2D eigenvalue weighted by molar-refractivity contribution is 5.95. The third-order valence-corrected chi connectivity index (χ3v) is 4.97. The quantitative estimate of drug-likeness (QED) is 0.909. The van der Waals surface area contributed by atoms with Crippen molar-refractivity contribution in [3.8, 4) is 5.75 Å². The number of carbonyl (C=O) groups excluding carboxylic acids is 1. The van der Waals surface area contributed by atoms with Gasteiger partial charge in [-0.3, -0.25) is 4.79 Å². The fourth-order valence-corrected chi connectivity index (χ4v) is 3.66. The highest BCUT2D eigenvalue weighted by atomic mass is 16.5. The van der Waals surface area contributed by atoms with E-state index >= 15 is 0 Å². The Hall–Kier alpha value is -2.27. The van der Waals surface area contributed by atoms with Crippen LogP contribution in [0.2, 0.25) is 0 Å². The second-order valence-corrected chi connectivity index (χ2v) is 6.62. The van der Waals surface area contributed by atoms with Crippen molar-refractivity contribution < 1.29 is 9.53 Å². The van der Waals surface area contributed by atoms with Gasteiger partial charge in [-0.05, 0) is 44.2 Å². The third-order valence-electron chi connectivity index (χ3n) is 4.97. The molecule has 5 nitrogen and oxygen atoms in total. The maximum Gasteiger partial charge on any atom is 0.230 e. The molecule has 1 unspecified atom stereocenters. The predicted molar refractivity (Wildman–Crippen MR) is 102 cm³/mol. The zero-order chi connectivity index (χ0) is 18.0. The number of methoxy groups -OCH3 is 1. The predicted octanol–water partition coefficient (Wildman–Crippen LogP) is 2.99. The minimum Gasteiger partial charge on any atom is -0.497 e. The van der Waals surface area contributed by atoms with Crippen molar-refractivity contribution in [2.45, 2.75) is 13.8 Å². The molecule has 5 heteroatoms. The zero-order valence-electron chi connectivity index (χ0n) is 15.5. The number of nitrogens with one attached hydrogen (secondary N) is 1. The SMILES string of the molecule is CCN(CC)C(=O)C1C=C(c2cc(OC)cc3[nH]ccc23)CN(C)C1. The molecule has 0 fully saturated rings. The Bertz CT molecular complexity index is 789. The lowest BCUT2D eigenvalue weighted by atomic mass is 9.92. The molecule has 0 saturated carbocycles.